The zero-order valence-electron chi connectivity index (χ0n) is 9.72. The van der Waals surface area contributed by atoms with Crippen molar-refractivity contribution >= 4 is 17.7 Å². The average molecular weight is 219 g/mol. The lowest BCUT2D eigenvalue weighted by Crippen LogP contribution is -2.55. The minimum absolute atomic E-state index is 0.164. The van der Waals surface area contributed by atoms with Crippen LogP contribution in [0.25, 0.3) is 0 Å². The Bertz CT molecular complexity index is 185. The molecule has 0 spiro atoms. The smallest absolute Gasteiger partial charge is 0.326 e. The number of thioether (sulfide) groups is 1. The zero-order valence-corrected chi connectivity index (χ0v) is 10.5. The summed E-state index contributed by atoms with van der Waals surface area (Å²) in [5, 5.41) is 3.25. The van der Waals surface area contributed by atoms with Gasteiger partial charge in [-0.15, -0.1) is 0 Å². The lowest BCUT2D eigenvalue weighted by molar-refractivity contribution is -0.149. The predicted octanol–water partition coefficient (Wildman–Crippen LogP) is 1.67. The molecule has 0 bridgehead atoms. The van der Waals surface area contributed by atoms with E-state index in [4.69, 9.17) is 4.74 Å². The summed E-state index contributed by atoms with van der Waals surface area (Å²) in [5.74, 6) is 0.562. The Morgan fingerprint density at radius 3 is 2.50 bits per heavy atom. The first-order valence-electron chi connectivity index (χ1n) is 4.90. The van der Waals surface area contributed by atoms with Gasteiger partial charge < -0.3 is 4.74 Å². The van der Waals surface area contributed by atoms with Gasteiger partial charge in [0.05, 0.1) is 6.61 Å². The number of rotatable bonds is 6. The van der Waals surface area contributed by atoms with Crippen molar-refractivity contribution < 1.29 is 9.53 Å². The normalized spacial score (nSPS) is 15.3. The molecule has 0 saturated carbocycles. The van der Waals surface area contributed by atoms with Crippen LogP contribution in [0.2, 0.25) is 0 Å². The van der Waals surface area contributed by atoms with Gasteiger partial charge in [-0.2, -0.15) is 11.8 Å². The van der Waals surface area contributed by atoms with Crippen LogP contribution in [0.4, 0.5) is 0 Å². The highest BCUT2D eigenvalue weighted by Gasteiger charge is 2.34. The molecule has 0 saturated heterocycles. The van der Waals surface area contributed by atoms with Crippen LogP contribution in [0.15, 0.2) is 0 Å². The van der Waals surface area contributed by atoms with E-state index in [9.17, 15) is 4.79 Å². The molecule has 0 aromatic heterocycles. The number of hydrogen-bond donors (Lipinski definition) is 1. The number of ether oxygens (including phenoxy) is 1. The van der Waals surface area contributed by atoms with E-state index in [2.05, 4.69) is 5.32 Å². The van der Waals surface area contributed by atoms with Crippen LogP contribution >= 0.6 is 11.8 Å². The Hall–Kier alpha value is -0.220. The van der Waals surface area contributed by atoms with Gasteiger partial charge >= 0.3 is 5.97 Å². The van der Waals surface area contributed by atoms with Crippen molar-refractivity contribution in [3.8, 4) is 0 Å². The summed E-state index contributed by atoms with van der Waals surface area (Å²) in [6.45, 7) is 8.20. The monoisotopic (exact) mass is 219 g/mol. The third kappa shape index (κ3) is 4.33. The molecule has 1 N–H and O–H groups in total. The summed E-state index contributed by atoms with van der Waals surface area (Å²) in [6.07, 6.45) is 1.99. The van der Waals surface area contributed by atoms with E-state index in [1.54, 1.807) is 11.8 Å². The van der Waals surface area contributed by atoms with E-state index >= 15 is 0 Å². The van der Waals surface area contributed by atoms with Gasteiger partial charge in [0.2, 0.25) is 0 Å². The summed E-state index contributed by atoms with van der Waals surface area (Å²) in [7, 11) is 0. The second-order valence-electron chi connectivity index (χ2n) is 3.78. The fourth-order valence-corrected chi connectivity index (χ4v) is 2.15. The first kappa shape index (κ1) is 13.8. The van der Waals surface area contributed by atoms with Gasteiger partial charge in [-0.05, 0) is 34.0 Å². The van der Waals surface area contributed by atoms with Gasteiger partial charge in [0, 0.05) is 11.8 Å². The Kier molecular flexibility index (Phi) is 6.20. The van der Waals surface area contributed by atoms with Crippen LogP contribution in [-0.2, 0) is 9.53 Å². The molecule has 0 rings (SSSR count). The standard InChI is InChI=1S/C10H21NO2S/c1-6-13-9(12)10(4,7-14-5)11-8(2)3/h8,11H,6-7H2,1-5H3. The number of carbonyl (C=O) groups excluding carboxylic acids is 1. The van der Waals surface area contributed by atoms with E-state index in [1.807, 2.05) is 34.0 Å². The van der Waals surface area contributed by atoms with Gasteiger partial charge in [-0.1, -0.05) is 0 Å². The third-order valence-electron chi connectivity index (χ3n) is 1.77. The van der Waals surface area contributed by atoms with E-state index in [-0.39, 0.29) is 12.0 Å². The van der Waals surface area contributed by atoms with Gasteiger partial charge in [0.25, 0.3) is 0 Å². The van der Waals surface area contributed by atoms with Crippen molar-refractivity contribution in [3.63, 3.8) is 0 Å². The van der Waals surface area contributed by atoms with Crippen molar-refractivity contribution in [2.24, 2.45) is 0 Å². The molecule has 0 heterocycles. The highest BCUT2D eigenvalue weighted by molar-refractivity contribution is 7.98. The maximum atomic E-state index is 11.7. The summed E-state index contributed by atoms with van der Waals surface area (Å²) in [4.78, 5) is 11.7. The quantitative estimate of drug-likeness (QED) is 0.690. The van der Waals surface area contributed by atoms with Crippen LogP contribution in [0.3, 0.4) is 0 Å². The van der Waals surface area contributed by atoms with E-state index in [1.165, 1.54) is 0 Å². The molecule has 4 heteroatoms. The minimum Gasteiger partial charge on any atom is -0.465 e. The Balaban J connectivity index is 4.43. The molecule has 3 nitrogen and oxygen atoms in total. The highest BCUT2D eigenvalue weighted by Crippen LogP contribution is 2.14. The molecule has 0 aliphatic rings. The summed E-state index contributed by atoms with van der Waals surface area (Å²) in [5.41, 5.74) is -0.566. The molecule has 0 amide bonds. The zero-order chi connectivity index (χ0) is 11.2. The number of nitrogens with one attached hydrogen (secondary N) is 1. The van der Waals surface area contributed by atoms with Crippen molar-refractivity contribution in [1.29, 1.82) is 0 Å². The molecule has 0 fully saturated rings. The maximum absolute atomic E-state index is 11.7. The number of hydrogen-bond acceptors (Lipinski definition) is 4. The van der Waals surface area contributed by atoms with Crippen LogP contribution in [0.5, 0.6) is 0 Å². The van der Waals surface area contributed by atoms with E-state index in [0.29, 0.717) is 6.61 Å². The first-order chi connectivity index (χ1) is 6.46. The van der Waals surface area contributed by atoms with E-state index in [0.717, 1.165) is 5.75 Å². The highest BCUT2D eigenvalue weighted by atomic mass is 32.2. The first-order valence-corrected chi connectivity index (χ1v) is 6.29. The topological polar surface area (TPSA) is 38.3 Å². The van der Waals surface area contributed by atoms with Gasteiger partial charge in [0.15, 0.2) is 0 Å². The fourth-order valence-electron chi connectivity index (χ4n) is 1.38. The SMILES string of the molecule is CCOC(=O)C(C)(CSC)NC(C)C. The summed E-state index contributed by atoms with van der Waals surface area (Å²) in [6, 6.07) is 0.275. The van der Waals surface area contributed by atoms with Crippen LogP contribution in [0, 0.1) is 0 Å². The van der Waals surface area contributed by atoms with Gasteiger partial charge in [-0.25, -0.2) is 0 Å². The van der Waals surface area contributed by atoms with Gasteiger partial charge in [0.1, 0.15) is 5.54 Å². The van der Waals surface area contributed by atoms with Crippen LogP contribution in [-0.4, -0.2) is 36.2 Å². The Labute approximate surface area is 91.0 Å². The summed E-state index contributed by atoms with van der Waals surface area (Å²) >= 11 is 1.64. The second-order valence-corrected chi connectivity index (χ2v) is 4.65. The summed E-state index contributed by atoms with van der Waals surface area (Å²) < 4.78 is 5.05. The van der Waals surface area contributed by atoms with Crippen LogP contribution < -0.4 is 5.32 Å². The molecule has 0 radical (unpaired) electrons. The lowest BCUT2D eigenvalue weighted by atomic mass is 10.0. The molecule has 14 heavy (non-hydrogen) atoms. The van der Waals surface area contributed by atoms with E-state index < -0.39 is 5.54 Å². The molecule has 0 aliphatic carbocycles. The van der Waals surface area contributed by atoms with Gasteiger partial charge in [-0.3, -0.25) is 10.1 Å². The average Bonchev–Trinajstić information content (AvgIpc) is 2.03. The maximum Gasteiger partial charge on any atom is 0.326 e. The van der Waals surface area contributed by atoms with Crippen LogP contribution in [0.1, 0.15) is 27.7 Å². The fraction of sp³-hybridized carbons (Fsp3) is 0.900. The second kappa shape index (κ2) is 6.30. The molecular formula is C10H21NO2S. The lowest BCUT2D eigenvalue weighted by Gasteiger charge is -2.29. The number of esters is 1. The molecule has 0 aromatic carbocycles. The number of carbonyl (C=O) groups is 1. The molecule has 1 atom stereocenters. The predicted molar refractivity (Wildman–Crippen MR) is 61.7 cm³/mol. The molecule has 84 valence electrons. The third-order valence-corrected chi connectivity index (χ3v) is 2.63. The molecule has 0 aromatic rings. The largest absolute Gasteiger partial charge is 0.465 e. The van der Waals surface area contributed by atoms with Crippen molar-refractivity contribution in [2.45, 2.75) is 39.3 Å². The Morgan fingerprint density at radius 2 is 2.14 bits per heavy atom. The van der Waals surface area contributed by atoms with Crippen molar-refractivity contribution in [2.75, 3.05) is 18.6 Å². The molecule has 1 unspecified atom stereocenters. The van der Waals surface area contributed by atoms with Crippen molar-refractivity contribution in [1.82, 2.24) is 5.32 Å². The Morgan fingerprint density at radius 1 is 1.57 bits per heavy atom. The van der Waals surface area contributed by atoms with Crippen molar-refractivity contribution in [3.05, 3.63) is 0 Å². The molecule has 0 aliphatic heterocycles. The minimum atomic E-state index is -0.566. The molecular weight excluding hydrogens is 198 g/mol.